The fourth-order valence-corrected chi connectivity index (χ4v) is 2.77. The molecule has 0 saturated heterocycles. The minimum atomic E-state index is -4.43. The molecule has 146 valence electrons. The summed E-state index contributed by atoms with van der Waals surface area (Å²) in [6.45, 7) is 0.308. The summed E-state index contributed by atoms with van der Waals surface area (Å²) in [6, 6.07) is 8.21. The number of carbonyl (C=O) groups is 1. The predicted octanol–water partition coefficient (Wildman–Crippen LogP) is 3.87. The van der Waals surface area contributed by atoms with E-state index in [1.165, 1.54) is 41.6 Å². The number of aromatic amines is 1. The van der Waals surface area contributed by atoms with Crippen LogP contribution in [0.15, 0.2) is 48.8 Å². The predicted molar refractivity (Wildman–Crippen MR) is 97.2 cm³/mol. The summed E-state index contributed by atoms with van der Waals surface area (Å²) in [5.74, 6) is -0.498. The zero-order valence-electron chi connectivity index (χ0n) is 14.9. The Hall–Kier alpha value is -3.36. The van der Waals surface area contributed by atoms with Gasteiger partial charge in [0.05, 0.1) is 28.7 Å². The van der Waals surface area contributed by atoms with Crippen molar-refractivity contribution >= 4 is 11.7 Å². The molecule has 0 fully saturated rings. The summed E-state index contributed by atoms with van der Waals surface area (Å²) in [4.78, 5) is 23.9. The maximum atomic E-state index is 13.2. The van der Waals surface area contributed by atoms with Crippen LogP contribution in [0.25, 0.3) is 11.4 Å². The molecule has 9 heteroatoms. The highest BCUT2D eigenvalue weighted by Gasteiger charge is 2.34. The molecule has 0 radical (unpaired) electrons. The lowest BCUT2D eigenvalue weighted by Crippen LogP contribution is -2.24. The molecule has 0 atom stereocenters. The molecule has 2 heterocycles. The van der Waals surface area contributed by atoms with Gasteiger partial charge in [-0.2, -0.15) is 13.2 Å². The third-order valence-electron chi connectivity index (χ3n) is 4.22. The van der Waals surface area contributed by atoms with E-state index in [9.17, 15) is 18.0 Å². The van der Waals surface area contributed by atoms with E-state index in [1.807, 2.05) is 0 Å². The topological polar surface area (TPSA) is 82.1 Å². The van der Waals surface area contributed by atoms with Gasteiger partial charge in [0.15, 0.2) is 0 Å². The molecular weight excluding hydrogens is 373 g/mol. The number of likely N-dealkylation sites (N-methyl/N-ethyl adjacent to an activating group) is 1. The second-order valence-electron chi connectivity index (χ2n) is 6.16. The van der Waals surface area contributed by atoms with Crippen LogP contribution in [0.1, 0.15) is 21.7 Å². The number of imidazole rings is 1. The number of aromatic nitrogens is 3. The fraction of sp³-hybridized carbons (Fsp3) is 0.211. The minimum absolute atomic E-state index is 0.0950. The Bertz CT molecular complexity index is 985. The molecule has 2 N–H and O–H groups in total. The Morgan fingerprint density at radius 1 is 1.21 bits per heavy atom. The molecule has 0 aliphatic heterocycles. The van der Waals surface area contributed by atoms with Crippen molar-refractivity contribution in [3.05, 3.63) is 65.7 Å². The number of nitrogens with zero attached hydrogens (tertiary/aromatic N) is 3. The number of carboxylic acids is 1. The van der Waals surface area contributed by atoms with Crippen molar-refractivity contribution in [1.82, 2.24) is 15.0 Å². The first kappa shape index (κ1) is 19.4. The lowest BCUT2D eigenvalue weighted by molar-refractivity contribution is -0.137. The van der Waals surface area contributed by atoms with Gasteiger partial charge in [-0.15, -0.1) is 0 Å². The van der Waals surface area contributed by atoms with Gasteiger partial charge in [0, 0.05) is 31.9 Å². The summed E-state index contributed by atoms with van der Waals surface area (Å²) in [5.41, 5.74) is 0.473. The van der Waals surface area contributed by atoms with Gasteiger partial charge in [-0.3, -0.25) is 4.98 Å². The van der Waals surface area contributed by atoms with E-state index in [1.54, 1.807) is 13.1 Å². The number of anilines is 1. The Morgan fingerprint density at radius 2 is 1.96 bits per heavy atom. The van der Waals surface area contributed by atoms with Crippen LogP contribution < -0.4 is 4.90 Å². The molecule has 0 aliphatic rings. The van der Waals surface area contributed by atoms with Crippen LogP contribution in [-0.2, 0) is 12.6 Å². The quantitative estimate of drug-likeness (QED) is 0.668. The lowest BCUT2D eigenvalue weighted by Gasteiger charge is -2.23. The van der Waals surface area contributed by atoms with Crippen molar-refractivity contribution < 1.29 is 23.1 Å². The number of rotatable bonds is 6. The first-order chi connectivity index (χ1) is 13.3. The molecule has 0 bridgehead atoms. The maximum absolute atomic E-state index is 13.2. The van der Waals surface area contributed by atoms with Gasteiger partial charge in [0.2, 0.25) is 0 Å². The van der Waals surface area contributed by atoms with Gasteiger partial charge >= 0.3 is 12.1 Å². The lowest BCUT2D eigenvalue weighted by atomic mass is 10.1. The highest BCUT2D eigenvalue weighted by atomic mass is 19.4. The van der Waals surface area contributed by atoms with Gasteiger partial charge in [0.1, 0.15) is 5.82 Å². The largest absolute Gasteiger partial charge is 0.478 e. The van der Waals surface area contributed by atoms with Gasteiger partial charge in [-0.1, -0.05) is 12.1 Å². The smallest absolute Gasteiger partial charge is 0.418 e. The summed E-state index contributed by atoms with van der Waals surface area (Å²) in [7, 11) is 1.59. The van der Waals surface area contributed by atoms with Crippen molar-refractivity contribution in [3.63, 3.8) is 0 Å². The molecular formula is C19H17F3N4O2. The van der Waals surface area contributed by atoms with Crippen LogP contribution >= 0.6 is 0 Å². The number of carboxylic acid groups (broad SMARTS) is 1. The number of aromatic carboxylic acids is 1. The Labute approximate surface area is 158 Å². The van der Waals surface area contributed by atoms with E-state index >= 15 is 0 Å². The number of para-hydroxylation sites is 1. The summed E-state index contributed by atoms with van der Waals surface area (Å²) >= 11 is 0. The molecule has 0 spiro atoms. The Balaban J connectivity index is 1.72. The molecule has 3 aromatic rings. The van der Waals surface area contributed by atoms with E-state index in [2.05, 4.69) is 15.0 Å². The highest BCUT2D eigenvalue weighted by molar-refractivity contribution is 5.88. The van der Waals surface area contributed by atoms with Gasteiger partial charge in [0.25, 0.3) is 0 Å². The minimum Gasteiger partial charge on any atom is -0.478 e. The number of benzene rings is 1. The van der Waals surface area contributed by atoms with E-state index in [-0.39, 0.29) is 11.3 Å². The molecule has 0 aliphatic carbocycles. The van der Waals surface area contributed by atoms with Crippen molar-refractivity contribution in [2.24, 2.45) is 0 Å². The average Bonchev–Trinajstić information content (AvgIpc) is 3.14. The second-order valence-corrected chi connectivity index (χ2v) is 6.16. The Kier molecular flexibility index (Phi) is 5.34. The Morgan fingerprint density at radius 3 is 2.68 bits per heavy atom. The van der Waals surface area contributed by atoms with Crippen LogP contribution in [0.3, 0.4) is 0 Å². The van der Waals surface area contributed by atoms with Crippen molar-refractivity contribution in [1.29, 1.82) is 0 Å². The first-order valence-electron chi connectivity index (χ1n) is 8.36. The molecule has 0 unspecified atom stereocenters. The van der Waals surface area contributed by atoms with Gasteiger partial charge < -0.3 is 15.0 Å². The molecule has 1 aromatic carbocycles. The zero-order chi connectivity index (χ0) is 20.3. The number of pyridine rings is 1. The van der Waals surface area contributed by atoms with Crippen molar-refractivity contribution in [3.8, 4) is 11.4 Å². The molecule has 6 nitrogen and oxygen atoms in total. The fourth-order valence-electron chi connectivity index (χ4n) is 2.77. The van der Waals surface area contributed by atoms with Crippen LogP contribution in [-0.4, -0.2) is 39.6 Å². The normalized spacial score (nSPS) is 11.4. The van der Waals surface area contributed by atoms with Crippen LogP contribution in [0.2, 0.25) is 0 Å². The number of hydrogen-bond donors (Lipinski definition) is 2. The molecule has 0 amide bonds. The zero-order valence-corrected chi connectivity index (χ0v) is 14.9. The average molecular weight is 390 g/mol. The summed E-state index contributed by atoms with van der Waals surface area (Å²) < 4.78 is 39.5. The standard InChI is InChI=1S/C19H17F3N4O2/c1-26(16-5-3-2-4-13(16)19(20,21)22)9-7-17-24-11-15(25-17)14-10-12(18(27)28)6-8-23-14/h2-6,8,10-11H,7,9H2,1H3,(H,24,25)(H,27,28). The number of halogens is 3. The third kappa shape index (κ3) is 4.30. The van der Waals surface area contributed by atoms with Crippen molar-refractivity contribution in [2.45, 2.75) is 12.6 Å². The SMILES string of the molecule is CN(CCc1ncc(-c2cc(C(=O)O)ccn2)[nH]1)c1ccccc1C(F)(F)F. The van der Waals surface area contributed by atoms with E-state index in [0.717, 1.165) is 6.07 Å². The third-order valence-corrected chi connectivity index (χ3v) is 4.22. The molecule has 28 heavy (non-hydrogen) atoms. The van der Waals surface area contributed by atoms with E-state index < -0.39 is 17.7 Å². The number of H-pyrrole nitrogens is 1. The van der Waals surface area contributed by atoms with Crippen LogP contribution in [0.4, 0.5) is 18.9 Å². The van der Waals surface area contributed by atoms with Gasteiger partial charge in [-0.05, 0) is 24.3 Å². The van der Waals surface area contributed by atoms with Crippen LogP contribution in [0.5, 0.6) is 0 Å². The van der Waals surface area contributed by atoms with Crippen LogP contribution in [0, 0.1) is 0 Å². The molecule has 2 aromatic heterocycles. The highest BCUT2D eigenvalue weighted by Crippen LogP contribution is 2.36. The first-order valence-corrected chi connectivity index (χ1v) is 8.36. The summed E-state index contributed by atoms with van der Waals surface area (Å²) in [6.07, 6.45) is -1.14. The second kappa shape index (κ2) is 7.71. The van der Waals surface area contributed by atoms with E-state index in [0.29, 0.717) is 30.2 Å². The monoisotopic (exact) mass is 390 g/mol. The number of hydrogen-bond acceptors (Lipinski definition) is 4. The van der Waals surface area contributed by atoms with Gasteiger partial charge in [-0.25, -0.2) is 9.78 Å². The van der Waals surface area contributed by atoms with E-state index in [4.69, 9.17) is 5.11 Å². The summed E-state index contributed by atoms with van der Waals surface area (Å²) in [5, 5.41) is 9.06. The molecule has 0 saturated carbocycles. The maximum Gasteiger partial charge on any atom is 0.418 e. The molecule has 3 rings (SSSR count). The van der Waals surface area contributed by atoms with Crippen molar-refractivity contribution in [2.75, 3.05) is 18.5 Å². The number of nitrogens with one attached hydrogen (secondary N) is 1. The number of alkyl halides is 3.